The second-order valence-electron chi connectivity index (χ2n) is 3.28. The first-order valence-electron chi connectivity index (χ1n) is 4.59. The number of rotatable bonds is 4. The maximum Gasteiger partial charge on any atom is 0.325 e. The van der Waals surface area contributed by atoms with Gasteiger partial charge >= 0.3 is 5.00 Å². The van der Waals surface area contributed by atoms with Gasteiger partial charge in [-0.3, -0.25) is 14.8 Å². The highest BCUT2D eigenvalue weighted by Crippen LogP contribution is 2.28. The van der Waals surface area contributed by atoms with Crippen LogP contribution in [0.3, 0.4) is 0 Å². The average molecular weight is 289 g/mol. The van der Waals surface area contributed by atoms with Crippen LogP contribution in [0.1, 0.15) is 5.76 Å². The largest absolute Gasteiger partial charge is 0.360 e. The van der Waals surface area contributed by atoms with E-state index in [0.29, 0.717) is 17.1 Å². The number of anilines is 1. The van der Waals surface area contributed by atoms with Gasteiger partial charge in [-0.05, 0) is 24.3 Å². The van der Waals surface area contributed by atoms with Gasteiger partial charge in [-0.2, -0.15) is 0 Å². The SMILES string of the molecule is Cc1cc(NS(=O)(=O)c2ccc([N+](=O)[O-])s2)no1. The molecular weight excluding hydrogens is 282 g/mol. The van der Waals surface area contributed by atoms with Crippen molar-refractivity contribution in [2.75, 3.05) is 4.72 Å². The zero-order valence-electron chi connectivity index (χ0n) is 8.98. The van der Waals surface area contributed by atoms with Gasteiger partial charge in [0.1, 0.15) is 9.97 Å². The third kappa shape index (κ3) is 2.49. The predicted octanol–water partition coefficient (Wildman–Crippen LogP) is 1.75. The Bertz CT molecular complexity index is 687. The predicted molar refractivity (Wildman–Crippen MR) is 63.0 cm³/mol. The summed E-state index contributed by atoms with van der Waals surface area (Å²) in [4.78, 5) is 9.83. The molecule has 0 spiro atoms. The molecule has 8 nitrogen and oxygen atoms in total. The van der Waals surface area contributed by atoms with Crippen molar-refractivity contribution >= 4 is 32.2 Å². The van der Waals surface area contributed by atoms with Crippen molar-refractivity contribution in [1.29, 1.82) is 0 Å². The molecule has 0 unspecified atom stereocenters. The van der Waals surface area contributed by atoms with E-state index in [9.17, 15) is 18.5 Å². The summed E-state index contributed by atoms with van der Waals surface area (Å²) in [6.07, 6.45) is 0. The molecule has 0 aromatic carbocycles. The van der Waals surface area contributed by atoms with Crippen LogP contribution in [0.2, 0.25) is 0 Å². The highest BCUT2D eigenvalue weighted by Gasteiger charge is 2.22. The molecule has 0 aliphatic carbocycles. The topological polar surface area (TPSA) is 115 Å². The molecule has 18 heavy (non-hydrogen) atoms. The summed E-state index contributed by atoms with van der Waals surface area (Å²) in [5.74, 6) is 0.480. The van der Waals surface area contributed by atoms with Gasteiger partial charge in [-0.15, -0.1) is 0 Å². The van der Waals surface area contributed by atoms with E-state index in [1.165, 1.54) is 6.07 Å². The first kappa shape index (κ1) is 12.5. The third-order valence-electron chi connectivity index (χ3n) is 1.88. The van der Waals surface area contributed by atoms with Crippen molar-refractivity contribution < 1.29 is 17.9 Å². The fraction of sp³-hybridized carbons (Fsp3) is 0.125. The fourth-order valence-electron chi connectivity index (χ4n) is 1.16. The molecular formula is C8H7N3O5S2. The maximum absolute atomic E-state index is 11.8. The monoisotopic (exact) mass is 289 g/mol. The lowest BCUT2D eigenvalue weighted by Crippen LogP contribution is -2.11. The Kier molecular flexibility index (Phi) is 3.05. The van der Waals surface area contributed by atoms with E-state index in [0.717, 1.165) is 12.1 Å². The van der Waals surface area contributed by atoms with E-state index >= 15 is 0 Å². The quantitative estimate of drug-likeness (QED) is 0.677. The first-order valence-corrected chi connectivity index (χ1v) is 6.89. The van der Waals surface area contributed by atoms with E-state index in [1.807, 2.05) is 0 Å². The van der Waals surface area contributed by atoms with Crippen LogP contribution in [-0.4, -0.2) is 18.5 Å². The third-order valence-corrected chi connectivity index (χ3v) is 4.76. The number of thiophene rings is 1. The van der Waals surface area contributed by atoms with E-state index in [2.05, 4.69) is 9.88 Å². The number of hydrogen-bond acceptors (Lipinski definition) is 7. The maximum atomic E-state index is 11.8. The molecule has 2 rings (SSSR count). The Morgan fingerprint density at radius 1 is 1.50 bits per heavy atom. The molecule has 0 radical (unpaired) electrons. The molecule has 0 bridgehead atoms. The zero-order chi connectivity index (χ0) is 13.3. The molecule has 0 saturated heterocycles. The van der Waals surface area contributed by atoms with Gasteiger partial charge in [0.05, 0.1) is 4.92 Å². The number of nitro groups is 1. The second kappa shape index (κ2) is 4.38. The van der Waals surface area contributed by atoms with Crippen LogP contribution in [-0.2, 0) is 10.0 Å². The number of nitrogens with zero attached hydrogens (tertiary/aromatic N) is 2. The van der Waals surface area contributed by atoms with Gasteiger partial charge in [0.2, 0.25) is 0 Å². The van der Waals surface area contributed by atoms with Gasteiger partial charge in [0.25, 0.3) is 10.0 Å². The summed E-state index contributed by atoms with van der Waals surface area (Å²) >= 11 is 0.566. The highest BCUT2D eigenvalue weighted by atomic mass is 32.2. The number of hydrogen-bond donors (Lipinski definition) is 1. The number of nitrogens with one attached hydrogen (secondary N) is 1. The van der Waals surface area contributed by atoms with Crippen LogP contribution in [0.4, 0.5) is 10.8 Å². The molecule has 0 aliphatic heterocycles. The standard InChI is InChI=1S/C8H7N3O5S2/c1-5-4-6(9-16-5)10-18(14,15)8-3-2-7(17-8)11(12)13/h2-4H,1H3,(H,9,10). The van der Waals surface area contributed by atoms with Crippen LogP contribution < -0.4 is 4.72 Å². The van der Waals surface area contributed by atoms with Gasteiger partial charge < -0.3 is 4.52 Å². The molecule has 0 fully saturated rings. The molecule has 0 aliphatic rings. The fourth-order valence-corrected chi connectivity index (χ4v) is 3.25. The molecule has 10 heteroatoms. The summed E-state index contributed by atoms with van der Waals surface area (Å²) in [7, 11) is -3.87. The van der Waals surface area contributed by atoms with Gasteiger partial charge in [-0.25, -0.2) is 8.42 Å². The van der Waals surface area contributed by atoms with Crippen molar-refractivity contribution in [1.82, 2.24) is 5.16 Å². The van der Waals surface area contributed by atoms with Crippen LogP contribution in [0, 0.1) is 17.0 Å². The smallest absolute Gasteiger partial charge is 0.325 e. The summed E-state index contributed by atoms with van der Waals surface area (Å²) in [6, 6.07) is 3.70. The van der Waals surface area contributed by atoms with Crippen LogP contribution in [0.5, 0.6) is 0 Å². The van der Waals surface area contributed by atoms with E-state index in [-0.39, 0.29) is 15.0 Å². The van der Waals surface area contributed by atoms with Crippen LogP contribution >= 0.6 is 11.3 Å². The first-order chi connectivity index (χ1) is 8.38. The summed E-state index contributed by atoms with van der Waals surface area (Å²) in [5, 5.41) is 13.7. The average Bonchev–Trinajstić information content (AvgIpc) is 2.86. The summed E-state index contributed by atoms with van der Waals surface area (Å²) < 4.78 is 30.4. The molecule has 1 N–H and O–H groups in total. The Hall–Kier alpha value is -1.94. The van der Waals surface area contributed by atoms with E-state index < -0.39 is 14.9 Å². The lowest BCUT2D eigenvalue weighted by Gasteiger charge is -2.00. The van der Waals surface area contributed by atoms with E-state index in [1.54, 1.807) is 6.92 Å². The highest BCUT2D eigenvalue weighted by molar-refractivity contribution is 7.94. The molecule has 0 amide bonds. The van der Waals surface area contributed by atoms with Crippen molar-refractivity contribution in [2.45, 2.75) is 11.1 Å². The van der Waals surface area contributed by atoms with Crippen molar-refractivity contribution in [3.63, 3.8) is 0 Å². The molecule has 2 aromatic heterocycles. The minimum absolute atomic E-state index is 0.0311. The minimum Gasteiger partial charge on any atom is -0.360 e. The molecule has 0 atom stereocenters. The van der Waals surface area contributed by atoms with Crippen molar-refractivity contribution in [3.8, 4) is 0 Å². The van der Waals surface area contributed by atoms with Crippen LogP contribution in [0.25, 0.3) is 0 Å². The van der Waals surface area contributed by atoms with Crippen molar-refractivity contribution in [3.05, 3.63) is 34.1 Å². The lowest BCUT2D eigenvalue weighted by molar-refractivity contribution is -0.380. The van der Waals surface area contributed by atoms with E-state index in [4.69, 9.17) is 4.52 Å². The van der Waals surface area contributed by atoms with Gasteiger partial charge in [0, 0.05) is 12.1 Å². The molecule has 2 aromatic rings. The summed E-state index contributed by atoms with van der Waals surface area (Å²) in [6.45, 7) is 1.61. The van der Waals surface area contributed by atoms with Crippen LogP contribution in [0.15, 0.2) is 26.9 Å². The zero-order valence-corrected chi connectivity index (χ0v) is 10.6. The molecule has 96 valence electrons. The van der Waals surface area contributed by atoms with Gasteiger partial charge in [0.15, 0.2) is 5.82 Å². The number of sulfonamides is 1. The Balaban J connectivity index is 2.27. The minimum atomic E-state index is -3.87. The van der Waals surface area contributed by atoms with Crippen molar-refractivity contribution in [2.24, 2.45) is 0 Å². The normalized spacial score (nSPS) is 11.4. The molecule has 0 saturated carbocycles. The lowest BCUT2D eigenvalue weighted by atomic mass is 10.5. The Morgan fingerprint density at radius 2 is 2.22 bits per heavy atom. The summed E-state index contributed by atoms with van der Waals surface area (Å²) in [5.41, 5.74) is 0. The Labute approximate surface area is 105 Å². The number of aromatic nitrogens is 1. The number of aryl methyl sites for hydroxylation is 1. The van der Waals surface area contributed by atoms with Gasteiger partial charge in [-0.1, -0.05) is 5.16 Å². The second-order valence-corrected chi connectivity index (χ2v) is 6.25. The Morgan fingerprint density at radius 3 is 2.72 bits per heavy atom. The molecule has 2 heterocycles.